The molecule has 1 aromatic rings. The second-order valence-electron chi connectivity index (χ2n) is 8.17. The van der Waals surface area contributed by atoms with Crippen LogP contribution in [0.1, 0.15) is 45.7 Å². The molecule has 0 aliphatic heterocycles. The van der Waals surface area contributed by atoms with Crippen LogP contribution in [0.2, 0.25) is 0 Å². The molecule has 2 unspecified atom stereocenters. The average Bonchev–Trinajstić information content (AvgIpc) is 2.74. The molecule has 0 heterocycles. The number of hydrogen-bond acceptors (Lipinski definition) is 8. The Morgan fingerprint density at radius 3 is 2.30 bits per heavy atom. The lowest BCUT2D eigenvalue weighted by Crippen LogP contribution is -2.54. The van der Waals surface area contributed by atoms with Crippen LogP contribution in [0.4, 0.5) is 4.79 Å². The van der Waals surface area contributed by atoms with Gasteiger partial charge in [-0.15, -0.1) is 0 Å². The van der Waals surface area contributed by atoms with E-state index in [0.717, 1.165) is 12.0 Å². The highest BCUT2D eigenvalue weighted by molar-refractivity contribution is 5.93. The van der Waals surface area contributed by atoms with Gasteiger partial charge in [-0.3, -0.25) is 14.4 Å². The molecule has 1 rings (SSSR count). The average molecular weight is 468 g/mol. The zero-order valence-electron chi connectivity index (χ0n) is 19.6. The van der Waals surface area contributed by atoms with E-state index < -0.39 is 54.7 Å². The Labute approximate surface area is 193 Å². The molecule has 0 fully saturated rings. The number of carbonyl (C=O) groups excluding carboxylic acids is 4. The summed E-state index contributed by atoms with van der Waals surface area (Å²) in [5.41, 5.74) is -0.724. The van der Waals surface area contributed by atoms with Crippen LogP contribution < -0.4 is 10.6 Å². The summed E-state index contributed by atoms with van der Waals surface area (Å²) in [6.07, 6.45) is -0.495. The van der Waals surface area contributed by atoms with Gasteiger partial charge in [-0.05, 0) is 33.3 Å². The Hall–Kier alpha value is -3.34. The third kappa shape index (κ3) is 8.60. The first kappa shape index (κ1) is 27.7. The quantitative estimate of drug-likeness (QED) is 0.369. The number of ether oxygens (including phenoxy) is 2. The molecule has 0 spiro atoms. The van der Waals surface area contributed by atoms with Crippen molar-refractivity contribution in [2.24, 2.45) is 0 Å². The lowest BCUT2D eigenvalue weighted by Gasteiger charge is -2.34. The van der Waals surface area contributed by atoms with E-state index in [9.17, 15) is 29.4 Å². The van der Waals surface area contributed by atoms with E-state index in [0.29, 0.717) is 6.42 Å². The molecule has 0 bridgehead atoms. The topological polar surface area (TPSA) is 154 Å². The Bertz CT molecular complexity index is 837. The summed E-state index contributed by atoms with van der Waals surface area (Å²) in [6.45, 7) is 5.55. The normalized spacial score (nSPS) is 12.8. The number of aromatic hydroxyl groups is 1. The SMILES string of the molecule is CCCN(C(=O)C(CO)NC(=O)OC(C)(C)C)C(C(=O)NCC(=O)OC)c1ccccc1O. The van der Waals surface area contributed by atoms with E-state index in [4.69, 9.17) is 4.74 Å². The second kappa shape index (κ2) is 12.6. The number of para-hydroxylation sites is 1. The maximum Gasteiger partial charge on any atom is 0.408 e. The van der Waals surface area contributed by atoms with Gasteiger partial charge < -0.3 is 35.2 Å². The van der Waals surface area contributed by atoms with Crippen LogP contribution in [0.15, 0.2) is 24.3 Å². The highest BCUT2D eigenvalue weighted by Crippen LogP contribution is 2.29. The number of aliphatic hydroxyl groups is 1. The Morgan fingerprint density at radius 2 is 1.79 bits per heavy atom. The van der Waals surface area contributed by atoms with Crippen LogP contribution in [0.5, 0.6) is 5.75 Å². The summed E-state index contributed by atoms with van der Waals surface area (Å²) in [5.74, 6) is -2.47. The van der Waals surface area contributed by atoms with Gasteiger partial charge in [0.25, 0.3) is 0 Å². The molecule has 2 atom stereocenters. The van der Waals surface area contributed by atoms with Crippen LogP contribution in [0.25, 0.3) is 0 Å². The van der Waals surface area contributed by atoms with Crippen molar-refractivity contribution in [2.75, 3.05) is 26.8 Å². The van der Waals surface area contributed by atoms with E-state index in [-0.39, 0.29) is 17.9 Å². The number of phenols is 1. The highest BCUT2D eigenvalue weighted by atomic mass is 16.6. The first-order valence-corrected chi connectivity index (χ1v) is 10.5. The van der Waals surface area contributed by atoms with Gasteiger partial charge >= 0.3 is 12.1 Å². The van der Waals surface area contributed by atoms with Crippen molar-refractivity contribution in [1.82, 2.24) is 15.5 Å². The maximum absolute atomic E-state index is 13.3. The molecule has 0 saturated heterocycles. The van der Waals surface area contributed by atoms with E-state index in [1.165, 1.54) is 12.1 Å². The van der Waals surface area contributed by atoms with Gasteiger partial charge in [0.2, 0.25) is 11.8 Å². The lowest BCUT2D eigenvalue weighted by atomic mass is 10.0. The van der Waals surface area contributed by atoms with Crippen molar-refractivity contribution < 1.29 is 38.9 Å². The molecule has 4 N–H and O–H groups in total. The largest absolute Gasteiger partial charge is 0.508 e. The summed E-state index contributed by atoms with van der Waals surface area (Å²) in [4.78, 5) is 51.2. The van der Waals surface area contributed by atoms with Crippen LogP contribution in [0, 0.1) is 0 Å². The van der Waals surface area contributed by atoms with E-state index >= 15 is 0 Å². The predicted octanol–water partition coefficient (Wildman–Crippen LogP) is 0.847. The zero-order valence-corrected chi connectivity index (χ0v) is 19.6. The Morgan fingerprint density at radius 1 is 1.15 bits per heavy atom. The fourth-order valence-electron chi connectivity index (χ4n) is 2.94. The van der Waals surface area contributed by atoms with Crippen molar-refractivity contribution in [3.63, 3.8) is 0 Å². The number of benzene rings is 1. The first-order valence-electron chi connectivity index (χ1n) is 10.5. The standard InChI is InChI=1S/C22H33N3O8/c1-6-11-25(20(30)15(13-26)24-21(31)33-22(2,3)4)18(14-9-7-8-10-16(14)27)19(29)23-12-17(28)32-5/h7-10,15,18,26-27H,6,11-13H2,1-5H3,(H,23,29)(H,24,31). The summed E-state index contributed by atoms with van der Waals surface area (Å²) in [7, 11) is 1.16. The van der Waals surface area contributed by atoms with Crippen molar-refractivity contribution in [3.05, 3.63) is 29.8 Å². The number of phenolic OH excluding ortho intramolecular Hbond substituents is 1. The van der Waals surface area contributed by atoms with Gasteiger partial charge in [0.1, 0.15) is 30.0 Å². The number of methoxy groups -OCH3 is 1. The third-order valence-corrected chi connectivity index (χ3v) is 4.35. The zero-order chi connectivity index (χ0) is 25.2. The monoisotopic (exact) mass is 467 g/mol. The first-order chi connectivity index (χ1) is 15.4. The Kier molecular flexibility index (Phi) is 10.6. The second-order valence-corrected chi connectivity index (χ2v) is 8.17. The number of nitrogens with zero attached hydrogens (tertiary/aromatic N) is 1. The van der Waals surface area contributed by atoms with Gasteiger partial charge in [-0.1, -0.05) is 25.1 Å². The van der Waals surface area contributed by atoms with E-state index in [1.807, 2.05) is 0 Å². The molecule has 0 radical (unpaired) electrons. The predicted molar refractivity (Wildman–Crippen MR) is 118 cm³/mol. The fraction of sp³-hybridized carbons (Fsp3) is 0.545. The lowest BCUT2D eigenvalue weighted by molar-refractivity contribution is -0.145. The molecular weight excluding hydrogens is 434 g/mol. The summed E-state index contributed by atoms with van der Waals surface area (Å²) >= 11 is 0. The van der Waals surface area contributed by atoms with Crippen molar-refractivity contribution in [1.29, 1.82) is 0 Å². The summed E-state index contributed by atoms with van der Waals surface area (Å²) < 4.78 is 9.67. The van der Waals surface area contributed by atoms with Gasteiger partial charge in [-0.25, -0.2) is 4.79 Å². The molecule has 33 heavy (non-hydrogen) atoms. The minimum atomic E-state index is -1.41. The van der Waals surface area contributed by atoms with Gasteiger partial charge in [-0.2, -0.15) is 0 Å². The number of esters is 1. The molecule has 184 valence electrons. The van der Waals surface area contributed by atoms with Gasteiger partial charge in [0, 0.05) is 12.1 Å². The fourth-order valence-corrected chi connectivity index (χ4v) is 2.94. The van der Waals surface area contributed by atoms with Crippen LogP contribution in [-0.4, -0.2) is 77.4 Å². The van der Waals surface area contributed by atoms with Crippen molar-refractivity contribution in [3.8, 4) is 5.75 Å². The number of aliphatic hydroxyl groups excluding tert-OH is 1. The smallest absolute Gasteiger partial charge is 0.408 e. The number of alkyl carbamates (subject to hydrolysis) is 1. The molecule has 3 amide bonds. The minimum absolute atomic E-state index is 0.0516. The number of rotatable bonds is 10. The number of hydrogen-bond donors (Lipinski definition) is 4. The molecule has 1 aromatic carbocycles. The van der Waals surface area contributed by atoms with Crippen molar-refractivity contribution >= 4 is 23.9 Å². The molecule has 11 heteroatoms. The number of amides is 3. The highest BCUT2D eigenvalue weighted by Gasteiger charge is 2.37. The molecule has 0 aliphatic rings. The number of nitrogens with one attached hydrogen (secondary N) is 2. The maximum atomic E-state index is 13.3. The van der Waals surface area contributed by atoms with E-state index in [1.54, 1.807) is 39.8 Å². The molecule has 0 aliphatic carbocycles. The summed E-state index contributed by atoms with van der Waals surface area (Å²) in [5, 5.41) is 24.9. The summed E-state index contributed by atoms with van der Waals surface area (Å²) in [6, 6.07) is 3.18. The van der Waals surface area contributed by atoms with E-state index in [2.05, 4.69) is 15.4 Å². The van der Waals surface area contributed by atoms with Crippen molar-refractivity contribution in [2.45, 2.75) is 51.8 Å². The molecule has 11 nitrogen and oxygen atoms in total. The van der Waals surface area contributed by atoms with Gasteiger partial charge in [0.15, 0.2) is 0 Å². The molecular formula is C22H33N3O8. The van der Waals surface area contributed by atoms with Gasteiger partial charge in [0.05, 0.1) is 13.7 Å². The van der Waals surface area contributed by atoms with Crippen LogP contribution in [0.3, 0.4) is 0 Å². The Balaban J connectivity index is 3.31. The minimum Gasteiger partial charge on any atom is -0.508 e. The van der Waals surface area contributed by atoms with Crippen LogP contribution in [-0.2, 0) is 23.9 Å². The third-order valence-electron chi connectivity index (χ3n) is 4.35. The molecule has 0 aromatic heterocycles. The molecule has 0 saturated carbocycles. The number of carbonyl (C=O) groups is 4. The van der Waals surface area contributed by atoms with Crippen LogP contribution >= 0.6 is 0 Å².